The van der Waals surface area contributed by atoms with Crippen molar-refractivity contribution in [1.29, 1.82) is 0 Å². The number of epoxide rings is 1. The summed E-state index contributed by atoms with van der Waals surface area (Å²) in [6.07, 6.45) is 8.94. The Morgan fingerprint density at radius 1 is 1.00 bits per heavy atom. The zero-order valence-electron chi connectivity index (χ0n) is 17.9. The molecule has 0 amide bonds. The lowest BCUT2D eigenvalue weighted by Crippen LogP contribution is -2.47. The predicted molar refractivity (Wildman–Crippen MR) is 121 cm³/mol. The van der Waals surface area contributed by atoms with Crippen LogP contribution in [0.2, 0.25) is 0 Å². The van der Waals surface area contributed by atoms with Crippen molar-refractivity contribution in [2.45, 2.75) is 56.1 Å². The van der Waals surface area contributed by atoms with Crippen LogP contribution in [0.5, 0.6) is 5.75 Å². The predicted octanol–water partition coefficient (Wildman–Crippen LogP) is 5.66. The highest BCUT2D eigenvalue weighted by Crippen LogP contribution is 2.58. The number of aromatic nitrogens is 1. The van der Waals surface area contributed by atoms with Gasteiger partial charge in [0.05, 0.1) is 17.9 Å². The van der Waals surface area contributed by atoms with Gasteiger partial charge < -0.3 is 9.47 Å². The third kappa shape index (κ3) is 3.55. The van der Waals surface area contributed by atoms with Crippen LogP contribution in [0, 0.1) is 5.92 Å². The zero-order valence-corrected chi connectivity index (χ0v) is 17.9. The number of fused-ring (bicyclic) bond motifs is 3. The Bertz CT molecular complexity index is 1060. The highest BCUT2D eigenvalue weighted by Gasteiger charge is 2.57. The van der Waals surface area contributed by atoms with Gasteiger partial charge in [-0.3, -0.25) is 4.98 Å². The molecule has 158 valence electrons. The smallest absolute Gasteiger partial charge is 0.130 e. The number of rotatable bonds is 5. The molecular weight excluding hydrogens is 382 g/mol. The van der Waals surface area contributed by atoms with E-state index in [9.17, 15) is 0 Å². The molecule has 2 heterocycles. The summed E-state index contributed by atoms with van der Waals surface area (Å²) in [4.78, 5) is 4.38. The fraction of sp³-hybridized carbons (Fsp3) is 0.393. The third-order valence-electron chi connectivity index (χ3n) is 7.83. The monoisotopic (exact) mass is 411 g/mol. The number of aryl methyl sites for hydroxylation is 1. The number of hydrogen-bond donors (Lipinski definition) is 0. The van der Waals surface area contributed by atoms with Gasteiger partial charge in [-0.15, -0.1) is 0 Å². The van der Waals surface area contributed by atoms with Gasteiger partial charge in [0.25, 0.3) is 0 Å². The van der Waals surface area contributed by atoms with Crippen LogP contribution >= 0.6 is 0 Å². The summed E-state index contributed by atoms with van der Waals surface area (Å²) in [6, 6.07) is 23.8. The maximum Gasteiger partial charge on any atom is 0.130 e. The lowest BCUT2D eigenvalue weighted by atomic mass is 9.53. The number of nitrogens with zero attached hydrogens (tertiary/aromatic N) is 1. The summed E-state index contributed by atoms with van der Waals surface area (Å²) in [5.74, 6) is 1.65. The average molecular weight is 412 g/mol. The van der Waals surface area contributed by atoms with Gasteiger partial charge in [0, 0.05) is 11.6 Å². The Morgan fingerprint density at radius 3 is 2.68 bits per heavy atom. The lowest BCUT2D eigenvalue weighted by Gasteiger charge is -2.50. The Hall–Kier alpha value is -2.65. The van der Waals surface area contributed by atoms with Crippen molar-refractivity contribution >= 4 is 0 Å². The molecule has 3 nitrogen and oxygen atoms in total. The van der Waals surface area contributed by atoms with Gasteiger partial charge in [0.1, 0.15) is 12.4 Å². The molecular formula is C28H29NO2. The minimum atomic E-state index is 0.202. The average Bonchev–Trinajstić information content (AvgIpc) is 3.58. The topological polar surface area (TPSA) is 34.6 Å². The molecule has 2 aromatic carbocycles. The van der Waals surface area contributed by atoms with Crippen LogP contribution in [-0.4, -0.2) is 17.2 Å². The molecule has 1 spiro atoms. The van der Waals surface area contributed by atoms with E-state index in [1.165, 1.54) is 36.8 Å². The molecule has 0 bridgehead atoms. The number of benzene rings is 2. The van der Waals surface area contributed by atoms with Gasteiger partial charge >= 0.3 is 0 Å². The Labute approximate surface area is 184 Å². The van der Waals surface area contributed by atoms with E-state index in [0.29, 0.717) is 12.5 Å². The summed E-state index contributed by atoms with van der Waals surface area (Å²) < 4.78 is 12.0. The van der Waals surface area contributed by atoms with Crippen molar-refractivity contribution in [1.82, 2.24) is 4.98 Å². The van der Waals surface area contributed by atoms with Crippen LogP contribution in [-0.2, 0) is 29.6 Å². The second kappa shape index (κ2) is 7.49. The molecule has 0 N–H and O–H groups in total. The first-order chi connectivity index (χ1) is 15.2. The Morgan fingerprint density at radius 2 is 1.87 bits per heavy atom. The van der Waals surface area contributed by atoms with Crippen molar-refractivity contribution in [3.05, 3.63) is 95.3 Å². The summed E-state index contributed by atoms with van der Waals surface area (Å²) in [5.41, 5.74) is 5.85. The van der Waals surface area contributed by atoms with Gasteiger partial charge in [0.15, 0.2) is 0 Å². The fourth-order valence-electron chi connectivity index (χ4n) is 6.11. The largest absolute Gasteiger partial charge is 0.487 e. The van der Waals surface area contributed by atoms with Gasteiger partial charge in [0.2, 0.25) is 0 Å². The number of pyridine rings is 1. The molecule has 1 saturated carbocycles. The fourth-order valence-corrected chi connectivity index (χ4v) is 6.11. The first-order valence-electron chi connectivity index (χ1n) is 11.6. The zero-order chi connectivity index (χ0) is 20.7. The second-order valence-electron chi connectivity index (χ2n) is 9.66. The molecule has 1 saturated heterocycles. The number of ether oxygens (including phenoxy) is 2. The van der Waals surface area contributed by atoms with E-state index in [1.807, 2.05) is 24.4 Å². The molecule has 3 aromatic rings. The normalized spacial score (nSPS) is 28.6. The standard InChI is InChI=1S/C28H29NO2/c1-2-6-21(7-3-1)17-28-14-13-27(20-31-27)18-23(28)10-9-22-16-25(11-12-26(22)28)30-19-24-8-4-5-15-29-24/h1-8,11-12,15-16,23H,9-10,13-14,17-20H2/t23-,27-,28+/m1/s1. The van der Waals surface area contributed by atoms with Crippen LogP contribution in [0.15, 0.2) is 72.9 Å². The number of hydrogen-bond acceptors (Lipinski definition) is 3. The summed E-state index contributed by atoms with van der Waals surface area (Å²) >= 11 is 0. The Balaban J connectivity index is 1.31. The summed E-state index contributed by atoms with van der Waals surface area (Å²) in [5, 5.41) is 0. The molecule has 2 fully saturated rings. The second-order valence-corrected chi connectivity index (χ2v) is 9.66. The van der Waals surface area contributed by atoms with Crippen molar-refractivity contribution in [3.8, 4) is 5.75 Å². The molecule has 6 rings (SSSR count). The van der Waals surface area contributed by atoms with Crippen LogP contribution in [0.4, 0.5) is 0 Å². The van der Waals surface area contributed by atoms with Crippen LogP contribution in [0.1, 0.15) is 48.1 Å². The summed E-state index contributed by atoms with van der Waals surface area (Å²) in [6.45, 7) is 1.48. The first-order valence-corrected chi connectivity index (χ1v) is 11.6. The van der Waals surface area contributed by atoms with Crippen LogP contribution in [0.3, 0.4) is 0 Å². The van der Waals surface area contributed by atoms with Gasteiger partial charge in [-0.2, -0.15) is 0 Å². The van der Waals surface area contributed by atoms with E-state index < -0.39 is 0 Å². The van der Waals surface area contributed by atoms with E-state index in [1.54, 1.807) is 5.56 Å². The van der Waals surface area contributed by atoms with Gasteiger partial charge in [-0.25, -0.2) is 0 Å². The molecule has 0 unspecified atom stereocenters. The van der Waals surface area contributed by atoms with E-state index in [0.717, 1.165) is 30.9 Å². The quantitative estimate of drug-likeness (QED) is 0.508. The highest BCUT2D eigenvalue weighted by molar-refractivity contribution is 5.45. The summed E-state index contributed by atoms with van der Waals surface area (Å²) in [7, 11) is 0. The molecule has 31 heavy (non-hydrogen) atoms. The molecule has 1 aromatic heterocycles. The van der Waals surface area contributed by atoms with E-state index in [2.05, 4.69) is 53.5 Å². The van der Waals surface area contributed by atoms with Crippen LogP contribution in [0.25, 0.3) is 0 Å². The van der Waals surface area contributed by atoms with Crippen molar-refractivity contribution in [3.63, 3.8) is 0 Å². The van der Waals surface area contributed by atoms with Gasteiger partial charge in [-0.1, -0.05) is 42.5 Å². The van der Waals surface area contributed by atoms with Gasteiger partial charge in [-0.05, 0) is 85.4 Å². The van der Waals surface area contributed by atoms with Crippen LogP contribution < -0.4 is 4.74 Å². The molecule has 2 aliphatic carbocycles. The van der Waals surface area contributed by atoms with E-state index >= 15 is 0 Å². The molecule has 0 radical (unpaired) electrons. The molecule has 3 aliphatic rings. The molecule has 3 atom stereocenters. The SMILES string of the molecule is c1ccc(C[C@@]23CC[C@]4(CO4)C[C@H]2CCc2cc(OCc4ccccn4)ccc23)cc1. The minimum Gasteiger partial charge on any atom is -0.487 e. The lowest BCUT2D eigenvalue weighted by molar-refractivity contribution is 0.0897. The molecule has 1 aliphatic heterocycles. The highest BCUT2D eigenvalue weighted by atomic mass is 16.6. The first kappa shape index (κ1) is 19.1. The minimum absolute atomic E-state index is 0.202. The van der Waals surface area contributed by atoms with Crippen molar-refractivity contribution < 1.29 is 9.47 Å². The maximum atomic E-state index is 6.11. The van der Waals surface area contributed by atoms with Crippen molar-refractivity contribution in [2.75, 3.05) is 6.61 Å². The molecule has 3 heteroatoms. The Kier molecular flexibility index (Phi) is 4.61. The van der Waals surface area contributed by atoms with E-state index in [-0.39, 0.29) is 11.0 Å². The van der Waals surface area contributed by atoms with Crippen molar-refractivity contribution in [2.24, 2.45) is 5.92 Å². The van der Waals surface area contributed by atoms with E-state index in [4.69, 9.17) is 9.47 Å². The maximum absolute atomic E-state index is 6.11. The third-order valence-corrected chi connectivity index (χ3v) is 7.83.